The van der Waals surface area contributed by atoms with Gasteiger partial charge in [0.05, 0.1) is 9.79 Å². The topological polar surface area (TPSA) is 109 Å². The second kappa shape index (κ2) is 5.13. The fourth-order valence-electron chi connectivity index (χ4n) is 1.07. The standard InChI is InChI=1S/C7H8O6S2.Na.H/c1-5-4-6(14(8,9)10)2-3-7(5)15(11,12)13;;/h2-4H,1H3,(H,8,9,10)(H,11,12,13);;/q;+1;-1. The van der Waals surface area contributed by atoms with Crippen molar-refractivity contribution in [2.24, 2.45) is 0 Å². The Morgan fingerprint density at radius 1 is 1.06 bits per heavy atom. The van der Waals surface area contributed by atoms with Gasteiger partial charge in [0.25, 0.3) is 20.2 Å². The summed E-state index contributed by atoms with van der Waals surface area (Å²) in [7, 11) is -8.74. The van der Waals surface area contributed by atoms with Crippen molar-refractivity contribution in [3.63, 3.8) is 0 Å². The van der Waals surface area contributed by atoms with Gasteiger partial charge in [-0.2, -0.15) is 16.8 Å². The van der Waals surface area contributed by atoms with Crippen LogP contribution in [0.15, 0.2) is 28.0 Å². The normalized spacial score (nSPS) is 11.9. The fourth-order valence-corrected chi connectivity index (χ4v) is 2.34. The molecular formula is C7H9NaO6S2. The monoisotopic (exact) mass is 276 g/mol. The van der Waals surface area contributed by atoms with E-state index in [-0.39, 0.29) is 36.5 Å². The molecule has 6 nitrogen and oxygen atoms in total. The predicted octanol–water partition coefficient (Wildman–Crippen LogP) is -2.40. The zero-order valence-corrected chi connectivity index (χ0v) is 12.2. The minimum Gasteiger partial charge on any atom is -1.00 e. The molecule has 0 aliphatic carbocycles. The van der Waals surface area contributed by atoms with Gasteiger partial charge in [0.15, 0.2) is 0 Å². The summed E-state index contributed by atoms with van der Waals surface area (Å²) in [5, 5.41) is 0. The smallest absolute Gasteiger partial charge is 1.00 e. The molecule has 9 heteroatoms. The Kier molecular flexibility index (Phi) is 5.14. The Labute approximate surface area is 117 Å². The molecule has 0 radical (unpaired) electrons. The van der Waals surface area contributed by atoms with Gasteiger partial charge in [-0.05, 0) is 30.7 Å². The largest absolute Gasteiger partial charge is 1.00 e. The van der Waals surface area contributed by atoms with Gasteiger partial charge < -0.3 is 1.43 Å². The van der Waals surface area contributed by atoms with Crippen LogP contribution < -0.4 is 29.6 Å². The van der Waals surface area contributed by atoms with Gasteiger partial charge in [0.2, 0.25) is 0 Å². The molecule has 2 N–H and O–H groups in total. The molecule has 0 fully saturated rings. The molecule has 0 amide bonds. The summed E-state index contributed by atoms with van der Waals surface area (Å²) in [4.78, 5) is -0.817. The van der Waals surface area contributed by atoms with Crippen LogP contribution >= 0.6 is 0 Å². The van der Waals surface area contributed by atoms with Crippen molar-refractivity contribution in [1.29, 1.82) is 0 Å². The summed E-state index contributed by atoms with van der Waals surface area (Å²) in [6, 6.07) is 2.76. The molecule has 0 saturated heterocycles. The minimum absolute atomic E-state index is 0. The van der Waals surface area contributed by atoms with Gasteiger partial charge in [-0.25, -0.2) is 0 Å². The maximum atomic E-state index is 10.8. The van der Waals surface area contributed by atoms with E-state index in [0.717, 1.165) is 18.2 Å². The van der Waals surface area contributed by atoms with Gasteiger partial charge in [-0.15, -0.1) is 0 Å². The van der Waals surface area contributed by atoms with Gasteiger partial charge in [0.1, 0.15) is 0 Å². The van der Waals surface area contributed by atoms with E-state index in [2.05, 4.69) is 0 Å². The molecule has 0 bridgehead atoms. The van der Waals surface area contributed by atoms with E-state index in [1.165, 1.54) is 6.92 Å². The molecule has 0 spiro atoms. The Morgan fingerprint density at radius 3 is 1.88 bits per heavy atom. The quantitative estimate of drug-likeness (QED) is 0.460. The van der Waals surface area contributed by atoms with E-state index in [0.29, 0.717) is 0 Å². The first-order valence-electron chi connectivity index (χ1n) is 3.68. The van der Waals surface area contributed by atoms with Crippen LogP contribution in [0, 0.1) is 6.92 Å². The summed E-state index contributed by atoms with van der Waals surface area (Å²) >= 11 is 0. The number of rotatable bonds is 2. The van der Waals surface area contributed by atoms with Crippen LogP contribution in [-0.4, -0.2) is 25.9 Å². The summed E-state index contributed by atoms with van der Waals surface area (Å²) in [5.74, 6) is 0. The first-order chi connectivity index (χ1) is 6.62. The van der Waals surface area contributed by atoms with Crippen molar-refractivity contribution in [3.8, 4) is 0 Å². The molecule has 16 heavy (non-hydrogen) atoms. The summed E-state index contributed by atoms with van der Waals surface area (Å²) in [5.41, 5.74) is 0.0348. The minimum atomic E-state index is -4.37. The Balaban J connectivity index is 0. The molecule has 1 aromatic carbocycles. The maximum absolute atomic E-state index is 10.8. The SMILES string of the molecule is Cc1cc(S(=O)(=O)O)ccc1S(=O)(=O)O.[H-].[Na+]. The third-order valence-electron chi connectivity index (χ3n) is 1.72. The Hall–Kier alpha value is 0.0400. The van der Waals surface area contributed by atoms with E-state index in [1.54, 1.807) is 0 Å². The van der Waals surface area contributed by atoms with Crippen LogP contribution in [0.2, 0.25) is 0 Å². The summed E-state index contributed by atoms with van der Waals surface area (Å²) in [6.45, 7) is 1.30. The molecule has 0 saturated carbocycles. The zero-order valence-electron chi connectivity index (χ0n) is 9.58. The average molecular weight is 276 g/mol. The number of hydrogen-bond acceptors (Lipinski definition) is 4. The Morgan fingerprint density at radius 2 is 1.56 bits per heavy atom. The zero-order chi connectivity index (χ0) is 11.9. The number of aryl methyl sites for hydroxylation is 1. The van der Waals surface area contributed by atoms with Crippen molar-refractivity contribution in [1.82, 2.24) is 0 Å². The molecule has 1 rings (SSSR count). The van der Waals surface area contributed by atoms with Gasteiger partial charge in [-0.3, -0.25) is 9.11 Å². The second-order valence-electron chi connectivity index (χ2n) is 2.88. The number of hydrogen-bond donors (Lipinski definition) is 2. The molecule has 0 heterocycles. The van der Waals surface area contributed by atoms with Crippen molar-refractivity contribution in [2.45, 2.75) is 16.7 Å². The predicted molar refractivity (Wildman–Crippen MR) is 51.9 cm³/mol. The molecule has 0 aliphatic rings. The van der Waals surface area contributed by atoms with E-state index in [9.17, 15) is 16.8 Å². The van der Waals surface area contributed by atoms with Crippen LogP contribution in [0.3, 0.4) is 0 Å². The van der Waals surface area contributed by atoms with Crippen LogP contribution in [-0.2, 0) is 20.2 Å². The molecule has 0 unspecified atom stereocenters. The molecule has 0 aliphatic heterocycles. The molecule has 0 atom stereocenters. The van der Waals surface area contributed by atoms with Gasteiger partial charge >= 0.3 is 29.6 Å². The molecule has 0 aromatic heterocycles. The summed E-state index contributed by atoms with van der Waals surface area (Å²) < 4.78 is 60.3. The average Bonchev–Trinajstić information content (AvgIpc) is 1.99. The van der Waals surface area contributed by atoms with E-state index >= 15 is 0 Å². The van der Waals surface area contributed by atoms with Crippen molar-refractivity contribution in [3.05, 3.63) is 23.8 Å². The fraction of sp³-hybridized carbons (Fsp3) is 0.143. The van der Waals surface area contributed by atoms with Crippen LogP contribution in [0.4, 0.5) is 0 Å². The summed E-state index contributed by atoms with van der Waals surface area (Å²) in [6.07, 6.45) is 0. The van der Waals surface area contributed by atoms with E-state index in [1.807, 2.05) is 0 Å². The first-order valence-corrected chi connectivity index (χ1v) is 6.56. The molecule has 1 aromatic rings. The second-order valence-corrected chi connectivity index (χ2v) is 5.69. The number of benzene rings is 1. The van der Waals surface area contributed by atoms with Gasteiger partial charge in [0, 0.05) is 0 Å². The Bertz CT molecular complexity index is 595. The van der Waals surface area contributed by atoms with Crippen molar-refractivity contribution < 1.29 is 56.9 Å². The van der Waals surface area contributed by atoms with Crippen LogP contribution in [0.1, 0.15) is 6.99 Å². The molecular weight excluding hydrogens is 267 g/mol. The van der Waals surface area contributed by atoms with Crippen molar-refractivity contribution >= 4 is 20.2 Å². The third kappa shape index (κ3) is 3.81. The van der Waals surface area contributed by atoms with Gasteiger partial charge in [-0.1, -0.05) is 0 Å². The van der Waals surface area contributed by atoms with Crippen molar-refractivity contribution in [2.75, 3.05) is 0 Å². The third-order valence-corrected chi connectivity index (χ3v) is 3.59. The maximum Gasteiger partial charge on any atom is 1.00 e. The first kappa shape index (κ1) is 16.0. The van der Waals surface area contributed by atoms with E-state index in [4.69, 9.17) is 9.11 Å². The van der Waals surface area contributed by atoms with Crippen LogP contribution in [0.25, 0.3) is 0 Å². The molecule has 86 valence electrons. The van der Waals surface area contributed by atoms with Crippen LogP contribution in [0.5, 0.6) is 0 Å². The van der Waals surface area contributed by atoms with E-state index < -0.39 is 30.0 Å².